The molecule has 0 aliphatic heterocycles. The van der Waals surface area contributed by atoms with E-state index in [1.54, 1.807) is 17.5 Å². The molecule has 1 aromatic heterocycles. The molecule has 0 radical (unpaired) electrons. The lowest BCUT2D eigenvalue weighted by molar-refractivity contribution is 0.444. The Kier molecular flexibility index (Phi) is 4.55. The van der Waals surface area contributed by atoms with Crippen molar-refractivity contribution >= 4 is 11.3 Å². The zero-order valence-electron chi connectivity index (χ0n) is 10.3. The number of nitrogens with zero attached hydrogens (tertiary/aromatic N) is 1. The van der Waals surface area contributed by atoms with Gasteiger partial charge >= 0.3 is 0 Å². The molecule has 1 atom stereocenters. The van der Waals surface area contributed by atoms with Gasteiger partial charge in [0.25, 0.3) is 0 Å². The highest BCUT2D eigenvalue weighted by Crippen LogP contribution is 2.17. The fourth-order valence-electron chi connectivity index (χ4n) is 1.71. The normalized spacial score (nSPS) is 12.6. The molecular formula is C13H13F3N2S. The number of thiazole rings is 1. The van der Waals surface area contributed by atoms with Gasteiger partial charge in [0.1, 0.15) is 0 Å². The van der Waals surface area contributed by atoms with Crippen LogP contribution in [0.4, 0.5) is 13.2 Å². The van der Waals surface area contributed by atoms with Crippen molar-refractivity contribution in [1.82, 2.24) is 10.3 Å². The van der Waals surface area contributed by atoms with E-state index in [1.807, 2.05) is 12.3 Å². The van der Waals surface area contributed by atoms with Gasteiger partial charge < -0.3 is 5.32 Å². The average molecular weight is 286 g/mol. The molecule has 19 heavy (non-hydrogen) atoms. The summed E-state index contributed by atoms with van der Waals surface area (Å²) >= 11 is 1.56. The number of aromatic nitrogens is 1. The second-order valence-corrected chi connectivity index (χ2v) is 5.20. The molecule has 2 aromatic rings. The lowest BCUT2D eigenvalue weighted by Gasteiger charge is -2.10. The summed E-state index contributed by atoms with van der Waals surface area (Å²) < 4.78 is 38.8. The largest absolute Gasteiger partial charge is 0.312 e. The van der Waals surface area contributed by atoms with Crippen LogP contribution in [0.25, 0.3) is 0 Å². The summed E-state index contributed by atoms with van der Waals surface area (Å²) in [6, 6.07) is 2.00. The van der Waals surface area contributed by atoms with Crippen molar-refractivity contribution < 1.29 is 13.2 Å². The molecule has 2 nitrogen and oxygen atoms in total. The minimum Gasteiger partial charge on any atom is -0.312 e. The number of hydrogen-bond acceptors (Lipinski definition) is 3. The van der Waals surface area contributed by atoms with Crippen LogP contribution in [0.1, 0.15) is 23.4 Å². The van der Waals surface area contributed by atoms with Gasteiger partial charge in [0.15, 0.2) is 17.5 Å². The number of hydrogen-bond donors (Lipinski definition) is 1. The van der Waals surface area contributed by atoms with E-state index in [4.69, 9.17) is 0 Å². The molecular weight excluding hydrogens is 273 g/mol. The summed E-state index contributed by atoms with van der Waals surface area (Å²) in [5, 5.41) is 5.98. The van der Waals surface area contributed by atoms with Crippen LogP contribution in [-0.2, 0) is 6.54 Å². The maximum absolute atomic E-state index is 13.0. The first-order valence-electron chi connectivity index (χ1n) is 5.81. The molecule has 0 bridgehead atoms. The summed E-state index contributed by atoms with van der Waals surface area (Å²) in [5.74, 6) is -3.54. The molecule has 2 rings (SSSR count). The second-order valence-electron chi connectivity index (χ2n) is 4.28. The third-order valence-corrected chi connectivity index (χ3v) is 3.70. The van der Waals surface area contributed by atoms with Crippen molar-refractivity contribution in [2.24, 2.45) is 0 Å². The van der Waals surface area contributed by atoms with E-state index < -0.39 is 17.5 Å². The first-order valence-corrected chi connectivity index (χ1v) is 6.69. The predicted molar refractivity (Wildman–Crippen MR) is 68.6 cm³/mol. The van der Waals surface area contributed by atoms with E-state index in [0.29, 0.717) is 12.1 Å². The third kappa shape index (κ3) is 3.54. The third-order valence-electron chi connectivity index (χ3n) is 2.70. The Morgan fingerprint density at radius 3 is 2.53 bits per heavy atom. The van der Waals surface area contributed by atoms with E-state index in [1.165, 1.54) is 0 Å². The summed E-state index contributed by atoms with van der Waals surface area (Å²) in [6.45, 7) is 2.93. The lowest BCUT2D eigenvalue weighted by Crippen LogP contribution is -2.19. The van der Waals surface area contributed by atoms with Gasteiger partial charge in [-0.1, -0.05) is 6.92 Å². The van der Waals surface area contributed by atoms with Gasteiger partial charge in [-0.3, -0.25) is 0 Å². The fourth-order valence-corrected chi connectivity index (χ4v) is 2.41. The van der Waals surface area contributed by atoms with Crippen molar-refractivity contribution in [2.45, 2.75) is 19.4 Å². The molecule has 1 N–H and O–H groups in total. The molecule has 1 aromatic carbocycles. The van der Waals surface area contributed by atoms with E-state index in [9.17, 15) is 13.2 Å². The number of rotatable bonds is 5. The standard InChI is InChI=1S/C13H13F3N2S/c1-8(13-18-2-3-19-13)6-17-7-9-4-10(14)12(16)11(15)5-9/h2-5,8,17H,6-7H2,1H3. The van der Waals surface area contributed by atoms with Gasteiger partial charge in [0.05, 0.1) is 5.01 Å². The number of halogens is 3. The molecule has 0 spiro atoms. The first kappa shape index (κ1) is 14.0. The average Bonchev–Trinajstić information content (AvgIpc) is 2.89. The minimum atomic E-state index is -1.43. The maximum Gasteiger partial charge on any atom is 0.194 e. The van der Waals surface area contributed by atoms with Crippen molar-refractivity contribution in [3.63, 3.8) is 0 Å². The van der Waals surface area contributed by atoms with Crippen LogP contribution in [-0.4, -0.2) is 11.5 Å². The van der Waals surface area contributed by atoms with Gasteiger partial charge in [-0.05, 0) is 17.7 Å². The Labute approximate surface area is 113 Å². The second kappa shape index (κ2) is 6.16. The molecule has 6 heteroatoms. The molecule has 0 aliphatic rings. The number of benzene rings is 1. The van der Waals surface area contributed by atoms with Crippen molar-refractivity contribution in [3.05, 3.63) is 51.7 Å². The summed E-state index contributed by atoms with van der Waals surface area (Å²) in [5.41, 5.74) is 0.378. The van der Waals surface area contributed by atoms with Crippen LogP contribution >= 0.6 is 11.3 Å². The highest BCUT2D eigenvalue weighted by atomic mass is 32.1. The van der Waals surface area contributed by atoms with Crippen molar-refractivity contribution in [1.29, 1.82) is 0 Å². The van der Waals surface area contributed by atoms with Gasteiger partial charge in [-0.2, -0.15) is 0 Å². The van der Waals surface area contributed by atoms with Crippen molar-refractivity contribution in [3.8, 4) is 0 Å². The van der Waals surface area contributed by atoms with Crippen LogP contribution in [0.15, 0.2) is 23.7 Å². The zero-order chi connectivity index (χ0) is 13.8. The van der Waals surface area contributed by atoms with Crippen LogP contribution in [0, 0.1) is 17.5 Å². The molecule has 0 fully saturated rings. The molecule has 1 unspecified atom stereocenters. The summed E-state index contributed by atoms with van der Waals surface area (Å²) in [4.78, 5) is 4.19. The number of nitrogens with one attached hydrogen (secondary N) is 1. The van der Waals surface area contributed by atoms with E-state index in [2.05, 4.69) is 10.3 Å². The van der Waals surface area contributed by atoms with E-state index in [0.717, 1.165) is 17.1 Å². The Morgan fingerprint density at radius 2 is 1.95 bits per heavy atom. The van der Waals surface area contributed by atoms with Gasteiger partial charge in [0.2, 0.25) is 0 Å². The Morgan fingerprint density at radius 1 is 1.26 bits per heavy atom. The Balaban J connectivity index is 1.89. The molecule has 0 saturated carbocycles. The summed E-state index contributed by atoms with van der Waals surface area (Å²) in [6.07, 6.45) is 1.74. The maximum atomic E-state index is 13.0. The topological polar surface area (TPSA) is 24.9 Å². The molecule has 102 valence electrons. The Hall–Kier alpha value is -1.40. The van der Waals surface area contributed by atoms with E-state index in [-0.39, 0.29) is 12.5 Å². The van der Waals surface area contributed by atoms with Gasteiger partial charge in [0, 0.05) is 30.6 Å². The SMILES string of the molecule is CC(CNCc1cc(F)c(F)c(F)c1)c1nccs1. The van der Waals surface area contributed by atoms with E-state index >= 15 is 0 Å². The van der Waals surface area contributed by atoms with Crippen molar-refractivity contribution in [2.75, 3.05) is 6.54 Å². The monoisotopic (exact) mass is 286 g/mol. The van der Waals surface area contributed by atoms with Crippen LogP contribution in [0.2, 0.25) is 0 Å². The lowest BCUT2D eigenvalue weighted by atomic mass is 10.1. The molecule has 0 amide bonds. The smallest absolute Gasteiger partial charge is 0.194 e. The Bertz CT molecular complexity index is 520. The summed E-state index contributed by atoms with van der Waals surface area (Å²) in [7, 11) is 0. The zero-order valence-corrected chi connectivity index (χ0v) is 11.1. The van der Waals surface area contributed by atoms with Gasteiger partial charge in [-0.15, -0.1) is 11.3 Å². The minimum absolute atomic E-state index is 0.218. The van der Waals surface area contributed by atoms with Crippen LogP contribution < -0.4 is 5.32 Å². The highest BCUT2D eigenvalue weighted by molar-refractivity contribution is 7.09. The fraction of sp³-hybridized carbons (Fsp3) is 0.308. The van der Waals surface area contributed by atoms with Gasteiger partial charge in [-0.25, -0.2) is 18.2 Å². The highest BCUT2D eigenvalue weighted by Gasteiger charge is 2.11. The molecule has 0 saturated heterocycles. The molecule has 0 aliphatic carbocycles. The van der Waals surface area contributed by atoms with Crippen LogP contribution in [0.3, 0.4) is 0 Å². The molecule has 1 heterocycles. The predicted octanol–water partition coefficient (Wildman–Crippen LogP) is 3.45. The first-order chi connectivity index (χ1) is 9.08. The quantitative estimate of drug-likeness (QED) is 0.852. The van der Waals surface area contributed by atoms with Crippen LogP contribution in [0.5, 0.6) is 0 Å².